The highest BCUT2D eigenvalue weighted by molar-refractivity contribution is 5.82. The molecule has 0 spiro atoms. The van der Waals surface area contributed by atoms with Gasteiger partial charge in [0.25, 0.3) is 0 Å². The van der Waals surface area contributed by atoms with Gasteiger partial charge in [0.1, 0.15) is 0 Å². The van der Waals surface area contributed by atoms with Gasteiger partial charge < -0.3 is 19.1 Å². The Kier molecular flexibility index (Phi) is 5.04. The summed E-state index contributed by atoms with van der Waals surface area (Å²) in [5, 5.41) is 0.944. The SMILES string of the molecule is CCOc1cc2cnc(N3CC(C)OC(C)C3)nc2cc1OCC. The van der Waals surface area contributed by atoms with Crippen molar-refractivity contribution in [2.75, 3.05) is 31.2 Å². The number of fused-ring (bicyclic) bond motifs is 1. The molecule has 0 radical (unpaired) electrons. The molecular weight excluding hydrogens is 306 g/mol. The molecule has 0 amide bonds. The molecule has 1 aliphatic rings. The van der Waals surface area contributed by atoms with Crippen LogP contribution in [-0.2, 0) is 4.74 Å². The fraction of sp³-hybridized carbons (Fsp3) is 0.556. The zero-order chi connectivity index (χ0) is 17.1. The first-order valence-corrected chi connectivity index (χ1v) is 8.57. The Labute approximate surface area is 142 Å². The van der Waals surface area contributed by atoms with Crippen LogP contribution < -0.4 is 14.4 Å². The average molecular weight is 331 g/mol. The maximum Gasteiger partial charge on any atom is 0.226 e. The summed E-state index contributed by atoms with van der Waals surface area (Å²) in [5.74, 6) is 2.19. The predicted molar refractivity (Wildman–Crippen MR) is 94.1 cm³/mol. The Balaban J connectivity index is 1.96. The molecule has 0 aliphatic carbocycles. The lowest BCUT2D eigenvalue weighted by molar-refractivity contribution is -0.00570. The molecule has 0 bridgehead atoms. The Morgan fingerprint density at radius 3 is 2.33 bits per heavy atom. The van der Waals surface area contributed by atoms with E-state index in [9.17, 15) is 0 Å². The second-order valence-corrected chi connectivity index (χ2v) is 6.06. The quantitative estimate of drug-likeness (QED) is 0.839. The molecule has 130 valence electrons. The van der Waals surface area contributed by atoms with Gasteiger partial charge in [0.2, 0.25) is 5.95 Å². The summed E-state index contributed by atoms with van der Waals surface area (Å²) in [6.07, 6.45) is 2.19. The third-order valence-electron chi connectivity index (χ3n) is 3.93. The van der Waals surface area contributed by atoms with Crippen molar-refractivity contribution < 1.29 is 14.2 Å². The smallest absolute Gasteiger partial charge is 0.226 e. The first-order valence-electron chi connectivity index (χ1n) is 8.57. The monoisotopic (exact) mass is 331 g/mol. The maximum atomic E-state index is 5.79. The number of ether oxygens (including phenoxy) is 3. The average Bonchev–Trinajstić information content (AvgIpc) is 2.54. The highest BCUT2D eigenvalue weighted by Crippen LogP contribution is 2.32. The summed E-state index contributed by atoms with van der Waals surface area (Å²) in [7, 11) is 0. The molecule has 6 heteroatoms. The third-order valence-corrected chi connectivity index (χ3v) is 3.93. The fourth-order valence-corrected chi connectivity index (χ4v) is 3.06. The summed E-state index contributed by atoms with van der Waals surface area (Å²) in [5.41, 5.74) is 0.860. The van der Waals surface area contributed by atoms with Gasteiger partial charge in [-0.3, -0.25) is 0 Å². The lowest BCUT2D eigenvalue weighted by atomic mass is 10.2. The topological polar surface area (TPSA) is 56.7 Å². The standard InChI is InChI=1S/C18H25N3O3/c1-5-22-16-7-14-9-19-18(20-15(14)8-17(16)23-6-2)21-10-12(3)24-13(4)11-21/h7-9,12-13H,5-6,10-11H2,1-4H3. The van der Waals surface area contributed by atoms with Crippen molar-refractivity contribution in [1.29, 1.82) is 0 Å². The molecule has 0 saturated carbocycles. The molecule has 1 fully saturated rings. The summed E-state index contributed by atoms with van der Waals surface area (Å²) in [6.45, 7) is 10.8. The van der Waals surface area contributed by atoms with E-state index in [2.05, 4.69) is 23.7 Å². The molecule has 2 atom stereocenters. The van der Waals surface area contributed by atoms with Gasteiger partial charge in [0.05, 0.1) is 30.9 Å². The molecule has 2 unspecified atom stereocenters. The van der Waals surface area contributed by atoms with Crippen LogP contribution in [-0.4, -0.2) is 48.5 Å². The summed E-state index contributed by atoms with van der Waals surface area (Å²) in [4.78, 5) is 11.5. The third kappa shape index (κ3) is 3.53. The molecule has 24 heavy (non-hydrogen) atoms. The van der Waals surface area contributed by atoms with E-state index in [4.69, 9.17) is 19.2 Å². The van der Waals surface area contributed by atoms with Gasteiger partial charge in [0.15, 0.2) is 11.5 Å². The summed E-state index contributed by atoms with van der Waals surface area (Å²) in [6, 6.07) is 3.88. The molecule has 6 nitrogen and oxygen atoms in total. The van der Waals surface area contributed by atoms with Crippen LogP contribution in [0, 0.1) is 0 Å². The van der Waals surface area contributed by atoms with Crippen molar-refractivity contribution in [3.63, 3.8) is 0 Å². The number of aromatic nitrogens is 2. The van der Waals surface area contributed by atoms with E-state index in [0.29, 0.717) is 13.2 Å². The van der Waals surface area contributed by atoms with Crippen LogP contribution in [0.2, 0.25) is 0 Å². The van der Waals surface area contributed by atoms with Crippen LogP contribution in [0.1, 0.15) is 27.7 Å². The van der Waals surface area contributed by atoms with E-state index in [1.807, 2.05) is 32.2 Å². The molecule has 1 aromatic carbocycles. The number of anilines is 1. The number of hydrogen-bond acceptors (Lipinski definition) is 6. The zero-order valence-corrected chi connectivity index (χ0v) is 14.8. The van der Waals surface area contributed by atoms with E-state index < -0.39 is 0 Å². The van der Waals surface area contributed by atoms with Crippen LogP contribution in [0.15, 0.2) is 18.3 Å². The minimum atomic E-state index is 0.173. The second kappa shape index (κ2) is 7.21. The van der Waals surface area contributed by atoms with E-state index in [0.717, 1.165) is 41.4 Å². The first kappa shape index (κ1) is 16.8. The predicted octanol–water partition coefficient (Wildman–Crippen LogP) is 3.04. The number of morpholine rings is 1. The molecule has 0 N–H and O–H groups in total. The van der Waals surface area contributed by atoms with Crippen LogP contribution in [0.25, 0.3) is 10.9 Å². The van der Waals surface area contributed by atoms with Crippen molar-refractivity contribution in [3.8, 4) is 11.5 Å². The van der Waals surface area contributed by atoms with Crippen molar-refractivity contribution in [2.24, 2.45) is 0 Å². The molecule has 3 rings (SSSR count). The van der Waals surface area contributed by atoms with E-state index in [1.165, 1.54) is 0 Å². The minimum absolute atomic E-state index is 0.173. The van der Waals surface area contributed by atoms with Gasteiger partial charge in [0, 0.05) is 30.7 Å². The molecule has 2 heterocycles. The number of nitrogens with zero attached hydrogens (tertiary/aromatic N) is 3. The maximum absolute atomic E-state index is 5.79. The minimum Gasteiger partial charge on any atom is -0.490 e. The summed E-state index contributed by atoms with van der Waals surface area (Å²) < 4.78 is 17.1. The fourth-order valence-electron chi connectivity index (χ4n) is 3.06. The van der Waals surface area contributed by atoms with Crippen molar-refractivity contribution >= 4 is 16.9 Å². The van der Waals surface area contributed by atoms with E-state index in [1.54, 1.807) is 0 Å². The number of hydrogen-bond donors (Lipinski definition) is 0. The molecule has 1 aromatic heterocycles. The van der Waals surface area contributed by atoms with Crippen LogP contribution in [0.4, 0.5) is 5.95 Å². The zero-order valence-electron chi connectivity index (χ0n) is 14.8. The highest BCUT2D eigenvalue weighted by Gasteiger charge is 2.24. The Bertz CT molecular complexity index is 697. The van der Waals surface area contributed by atoms with Crippen LogP contribution in [0.3, 0.4) is 0 Å². The van der Waals surface area contributed by atoms with Crippen molar-refractivity contribution in [3.05, 3.63) is 18.3 Å². The second-order valence-electron chi connectivity index (χ2n) is 6.06. The Morgan fingerprint density at radius 1 is 1.08 bits per heavy atom. The van der Waals surface area contributed by atoms with Gasteiger partial charge in [-0.2, -0.15) is 0 Å². The van der Waals surface area contributed by atoms with Crippen molar-refractivity contribution in [1.82, 2.24) is 9.97 Å². The molecule has 1 saturated heterocycles. The van der Waals surface area contributed by atoms with Crippen molar-refractivity contribution in [2.45, 2.75) is 39.9 Å². The number of benzene rings is 1. The van der Waals surface area contributed by atoms with Gasteiger partial charge in [-0.25, -0.2) is 9.97 Å². The number of rotatable bonds is 5. The van der Waals surface area contributed by atoms with Gasteiger partial charge in [-0.1, -0.05) is 0 Å². The first-order chi connectivity index (χ1) is 11.6. The van der Waals surface area contributed by atoms with E-state index >= 15 is 0 Å². The molecule has 2 aromatic rings. The lowest BCUT2D eigenvalue weighted by Crippen LogP contribution is -2.46. The Hall–Kier alpha value is -2.08. The van der Waals surface area contributed by atoms with Gasteiger partial charge >= 0.3 is 0 Å². The highest BCUT2D eigenvalue weighted by atomic mass is 16.5. The largest absolute Gasteiger partial charge is 0.490 e. The van der Waals surface area contributed by atoms with Crippen LogP contribution in [0.5, 0.6) is 11.5 Å². The normalized spacial score (nSPS) is 21.1. The molecular formula is C18H25N3O3. The lowest BCUT2D eigenvalue weighted by Gasteiger charge is -2.35. The van der Waals surface area contributed by atoms with E-state index in [-0.39, 0.29) is 12.2 Å². The Morgan fingerprint density at radius 2 is 1.71 bits per heavy atom. The summed E-state index contributed by atoms with van der Waals surface area (Å²) >= 11 is 0. The van der Waals surface area contributed by atoms with Gasteiger partial charge in [-0.05, 0) is 33.8 Å². The molecule has 1 aliphatic heterocycles. The van der Waals surface area contributed by atoms with Gasteiger partial charge in [-0.15, -0.1) is 0 Å². The van der Waals surface area contributed by atoms with Crippen LogP contribution >= 0.6 is 0 Å².